The van der Waals surface area contributed by atoms with Crippen LogP contribution in [0.15, 0.2) is 49.1 Å². The third kappa shape index (κ3) is 1.88. The summed E-state index contributed by atoms with van der Waals surface area (Å²) in [7, 11) is 0. The van der Waals surface area contributed by atoms with Gasteiger partial charge in [-0.3, -0.25) is 10.8 Å². The second-order valence-electron chi connectivity index (χ2n) is 3.31. The van der Waals surface area contributed by atoms with Crippen LogP contribution in [-0.4, -0.2) is 4.98 Å². The van der Waals surface area contributed by atoms with Crippen LogP contribution in [0.4, 0.5) is 0 Å². The molecular formula is C12H13N3. The average Bonchev–Trinajstić information content (AvgIpc) is 2.30. The zero-order valence-electron chi connectivity index (χ0n) is 8.35. The number of hydrazine groups is 1. The Morgan fingerprint density at radius 1 is 1.27 bits per heavy atom. The van der Waals surface area contributed by atoms with Gasteiger partial charge in [-0.15, -0.1) is 6.58 Å². The van der Waals surface area contributed by atoms with Crippen molar-refractivity contribution >= 4 is 10.9 Å². The van der Waals surface area contributed by atoms with E-state index in [0.717, 1.165) is 16.6 Å². The summed E-state index contributed by atoms with van der Waals surface area (Å²) in [5, 5.41) is 1.13. The van der Waals surface area contributed by atoms with Crippen molar-refractivity contribution in [3.63, 3.8) is 0 Å². The van der Waals surface area contributed by atoms with E-state index in [2.05, 4.69) is 17.0 Å². The maximum atomic E-state index is 5.40. The third-order valence-corrected chi connectivity index (χ3v) is 2.35. The van der Waals surface area contributed by atoms with Crippen LogP contribution in [-0.2, 0) is 0 Å². The van der Waals surface area contributed by atoms with Crippen LogP contribution in [0.25, 0.3) is 10.9 Å². The third-order valence-electron chi connectivity index (χ3n) is 2.35. The maximum Gasteiger partial charge on any atom is 0.0810 e. The van der Waals surface area contributed by atoms with Gasteiger partial charge in [0.2, 0.25) is 0 Å². The molecule has 0 spiro atoms. The number of pyridine rings is 1. The van der Waals surface area contributed by atoms with Crippen molar-refractivity contribution in [3.05, 3.63) is 54.7 Å². The Morgan fingerprint density at radius 3 is 2.80 bits per heavy atom. The minimum atomic E-state index is -0.102. The fourth-order valence-electron chi connectivity index (χ4n) is 1.53. The van der Waals surface area contributed by atoms with Crippen LogP contribution in [0, 0.1) is 0 Å². The molecule has 0 radical (unpaired) electrons. The summed E-state index contributed by atoms with van der Waals surface area (Å²) in [5.41, 5.74) is 4.50. The smallest absolute Gasteiger partial charge is 0.0810 e. The Morgan fingerprint density at radius 2 is 2.07 bits per heavy atom. The van der Waals surface area contributed by atoms with Crippen molar-refractivity contribution in [1.82, 2.24) is 10.4 Å². The first-order valence-electron chi connectivity index (χ1n) is 4.79. The summed E-state index contributed by atoms with van der Waals surface area (Å²) in [4.78, 5) is 4.50. The van der Waals surface area contributed by atoms with Gasteiger partial charge >= 0.3 is 0 Å². The number of benzene rings is 1. The van der Waals surface area contributed by atoms with Crippen LogP contribution in [0.3, 0.4) is 0 Å². The molecule has 1 aromatic carbocycles. The molecule has 0 fully saturated rings. The second-order valence-corrected chi connectivity index (χ2v) is 3.31. The number of rotatable bonds is 3. The number of fused-ring (bicyclic) bond motifs is 1. The van der Waals surface area contributed by atoms with Gasteiger partial charge in [0.25, 0.3) is 0 Å². The summed E-state index contributed by atoms with van der Waals surface area (Å²) in [5.74, 6) is 5.40. The molecule has 0 bridgehead atoms. The molecule has 0 aliphatic carbocycles. The first-order chi connectivity index (χ1) is 7.35. The van der Waals surface area contributed by atoms with Gasteiger partial charge in [0, 0.05) is 5.39 Å². The number of nitrogens with two attached hydrogens (primary N) is 1. The van der Waals surface area contributed by atoms with E-state index in [4.69, 9.17) is 5.84 Å². The van der Waals surface area contributed by atoms with Gasteiger partial charge in [-0.2, -0.15) is 0 Å². The Kier molecular flexibility index (Phi) is 2.76. The van der Waals surface area contributed by atoms with Gasteiger partial charge < -0.3 is 0 Å². The Bertz CT molecular complexity index is 479. The van der Waals surface area contributed by atoms with E-state index in [9.17, 15) is 0 Å². The standard InChI is InChI=1S/C12H13N3/c1-2-10(15-13)12-8-7-9-5-3-4-6-11(9)14-12/h2-8,10,15H,1,13H2. The van der Waals surface area contributed by atoms with E-state index in [1.165, 1.54) is 0 Å². The Labute approximate surface area is 88.6 Å². The van der Waals surface area contributed by atoms with Crippen molar-refractivity contribution in [2.45, 2.75) is 6.04 Å². The monoisotopic (exact) mass is 199 g/mol. The van der Waals surface area contributed by atoms with E-state index >= 15 is 0 Å². The van der Waals surface area contributed by atoms with Gasteiger partial charge in [-0.1, -0.05) is 30.3 Å². The van der Waals surface area contributed by atoms with Gasteiger partial charge in [0.1, 0.15) is 0 Å². The Balaban J connectivity index is 2.50. The number of hydrogen-bond donors (Lipinski definition) is 2. The van der Waals surface area contributed by atoms with E-state index in [0.29, 0.717) is 0 Å². The molecule has 3 nitrogen and oxygen atoms in total. The molecule has 3 N–H and O–H groups in total. The number of para-hydroxylation sites is 1. The van der Waals surface area contributed by atoms with Crippen LogP contribution < -0.4 is 11.3 Å². The lowest BCUT2D eigenvalue weighted by Crippen LogP contribution is -2.27. The molecular weight excluding hydrogens is 186 g/mol. The largest absolute Gasteiger partial charge is 0.271 e. The molecule has 76 valence electrons. The van der Waals surface area contributed by atoms with E-state index in [1.807, 2.05) is 36.4 Å². The molecule has 1 unspecified atom stereocenters. The molecule has 1 atom stereocenters. The average molecular weight is 199 g/mol. The zero-order valence-corrected chi connectivity index (χ0v) is 8.35. The quantitative estimate of drug-likeness (QED) is 0.451. The summed E-state index contributed by atoms with van der Waals surface area (Å²) in [6, 6.07) is 11.9. The lowest BCUT2D eigenvalue weighted by atomic mass is 10.1. The minimum absolute atomic E-state index is 0.102. The van der Waals surface area contributed by atoms with Crippen molar-refractivity contribution in [1.29, 1.82) is 0 Å². The fraction of sp³-hybridized carbons (Fsp3) is 0.0833. The predicted molar refractivity (Wildman–Crippen MR) is 62.0 cm³/mol. The van der Waals surface area contributed by atoms with Crippen LogP contribution in [0.2, 0.25) is 0 Å². The predicted octanol–water partition coefficient (Wildman–Crippen LogP) is 1.93. The highest BCUT2D eigenvalue weighted by molar-refractivity contribution is 5.78. The number of nitrogens with one attached hydrogen (secondary N) is 1. The van der Waals surface area contributed by atoms with E-state index in [-0.39, 0.29) is 6.04 Å². The normalized spacial score (nSPS) is 12.6. The topological polar surface area (TPSA) is 50.9 Å². The van der Waals surface area contributed by atoms with Crippen molar-refractivity contribution in [3.8, 4) is 0 Å². The summed E-state index contributed by atoms with van der Waals surface area (Å²) < 4.78 is 0. The first-order valence-corrected chi connectivity index (χ1v) is 4.79. The van der Waals surface area contributed by atoms with Crippen LogP contribution >= 0.6 is 0 Å². The number of nitrogens with zero attached hydrogens (tertiary/aromatic N) is 1. The first kappa shape index (κ1) is 9.83. The highest BCUT2D eigenvalue weighted by Gasteiger charge is 2.06. The molecule has 1 heterocycles. The molecule has 3 heteroatoms. The summed E-state index contributed by atoms with van der Waals surface area (Å²) >= 11 is 0. The van der Waals surface area contributed by atoms with Gasteiger partial charge in [0.15, 0.2) is 0 Å². The van der Waals surface area contributed by atoms with Crippen molar-refractivity contribution < 1.29 is 0 Å². The van der Waals surface area contributed by atoms with E-state index < -0.39 is 0 Å². The van der Waals surface area contributed by atoms with Crippen LogP contribution in [0.5, 0.6) is 0 Å². The fourth-order valence-corrected chi connectivity index (χ4v) is 1.53. The summed E-state index contributed by atoms with van der Waals surface area (Å²) in [6.45, 7) is 3.71. The maximum absolute atomic E-state index is 5.40. The van der Waals surface area contributed by atoms with Gasteiger partial charge in [-0.05, 0) is 12.1 Å². The molecule has 0 amide bonds. The molecule has 0 aliphatic heterocycles. The van der Waals surface area contributed by atoms with Crippen LogP contribution in [0.1, 0.15) is 11.7 Å². The molecule has 1 aromatic heterocycles. The molecule has 0 saturated carbocycles. The van der Waals surface area contributed by atoms with Crippen molar-refractivity contribution in [2.24, 2.45) is 5.84 Å². The molecule has 2 aromatic rings. The minimum Gasteiger partial charge on any atom is -0.271 e. The number of aromatic nitrogens is 1. The van der Waals surface area contributed by atoms with Crippen molar-refractivity contribution in [2.75, 3.05) is 0 Å². The lowest BCUT2D eigenvalue weighted by Gasteiger charge is -2.10. The number of hydrogen-bond acceptors (Lipinski definition) is 3. The Hall–Kier alpha value is -1.71. The van der Waals surface area contributed by atoms with E-state index in [1.54, 1.807) is 6.08 Å². The highest BCUT2D eigenvalue weighted by atomic mass is 15.2. The SMILES string of the molecule is C=CC(NN)c1ccc2ccccc2n1. The van der Waals surface area contributed by atoms with Gasteiger partial charge in [0.05, 0.1) is 17.3 Å². The molecule has 0 aliphatic rings. The molecule has 15 heavy (non-hydrogen) atoms. The second kappa shape index (κ2) is 4.21. The highest BCUT2D eigenvalue weighted by Crippen LogP contribution is 2.16. The molecule has 2 rings (SSSR count). The lowest BCUT2D eigenvalue weighted by molar-refractivity contribution is 0.642. The van der Waals surface area contributed by atoms with Gasteiger partial charge in [-0.25, -0.2) is 5.43 Å². The summed E-state index contributed by atoms with van der Waals surface area (Å²) in [6.07, 6.45) is 1.73. The molecule has 0 saturated heterocycles. The zero-order chi connectivity index (χ0) is 10.7.